The Morgan fingerprint density at radius 3 is 2.69 bits per heavy atom. The second kappa shape index (κ2) is 7.82. The third kappa shape index (κ3) is 3.82. The van der Waals surface area contributed by atoms with Crippen LogP contribution >= 0.6 is 0 Å². The minimum Gasteiger partial charge on any atom is -0.337 e. The van der Waals surface area contributed by atoms with E-state index in [2.05, 4.69) is 29.9 Å². The normalized spacial score (nSPS) is 19.3. The Morgan fingerprint density at radius 2 is 2.10 bits per heavy atom. The average Bonchev–Trinajstić information content (AvgIpc) is 3.48. The van der Waals surface area contributed by atoms with Crippen molar-refractivity contribution < 1.29 is 4.79 Å². The molecule has 29 heavy (non-hydrogen) atoms. The zero-order valence-electron chi connectivity index (χ0n) is 17.3. The van der Waals surface area contributed by atoms with Crippen LogP contribution in [0.3, 0.4) is 0 Å². The van der Waals surface area contributed by atoms with Gasteiger partial charge in [-0.3, -0.25) is 9.48 Å². The number of aryl methyl sites for hydroxylation is 2. The van der Waals surface area contributed by atoms with Crippen LogP contribution in [0.2, 0.25) is 0 Å². The Balaban J connectivity index is 1.66. The number of rotatable bonds is 5. The lowest BCUT2D eigenvalue weighted by Crippen LogP contribution is -2.55. The van der Waals surface area contributed by atoms with Gasteiger partial charge in [0.2, 0.25) is 11.9 Å². The fourth-order valence-electron chi connectivity index (χ4n) is 3.95. The third-order valence-electron chi connectivity index (χ3n) is 5.67. The Labute approximate surface area is 171 Å². The van der Waals surface area contributed by atoms with Crippen molar-refractivity contribution in [1.29, 1.82) is 5.26 Å². The van der Waals surface area contributed by atoms with E-state index in [-0.39, 0.29) is 12.0 Å². The maximum Gasteiger partial charge on any atom is 0.226 e. The second-order valence-electron chi connectivity index (χ2n) is 8.06. The van der Waals surface area contributed by atoms with E-state index >= 15 is 0 Å². The molecule has 1 atom stereocenters. The maximum atomic E-state index is 12.5. The first-order valence-electron chi connectivity index (χ1n) is 10.4. The molecule has 1 amide bonds. The van der Waals surface area contributed by atoms with Gasteiger partial charge in [-0.25, -0.2) is 9.97 Å². The van der Waals surface area contributed by atoms with Crippen LogP contribution in [0.1, 0.15) is 44.4 Å². The Bertz CT molecular complexity index is 956. The molecule has 8 heteroatoms. The number of amides is 1. The summed E-state index contributed by atoms with van der Waals surface area (Å²) >= 11 is 0. The molecule has 0 unspecified atom stereocenters. The lowest BCUT2D eigenvalue weighted by Gasteiger charge is -2.40. The van der Waals surface area contributed by atoms with Gasteiger partial charge in [0.1, 0.15) is 11.6 Å². The first kappa shape index (κ1) is 19.4. The quantitative estimate of drug-likeness (QED) is 0.773. The molecular weight excluding hydrogens is 366 g/mol. The molecule has 2 aromatic rings. The first-order chi connectivity index (χ1) is 14.0. The van der Waals surface area contributed by atoms with Crippen LogP contribution in [0.5, 0.6) is 0 Å². The molecule has 2 fully saturated rings. The van der Waals surface area contributed by atoms with E-state index < -0.39 is 0 Å². The molecule has 0 aromatic carbocycles. The van der Waals surface area contributed by atoms with Crippen molar-refractivity contribution in [3.8, 4) is 17.3 Å². The monoisotopic (exact) mass is 393 g/mol. The minimum absolute atomic E-state index is 0.118. The summed E-state index contributed by atoms with van der Waals surface area (Å²) in [4.78, 5) is 26.2. The number of nitriles is 1. The lowest BCUT2D eigenvalue weighted by atomic mass is 10.1. The highest BCUT2D eigenvalue weighted by molar-refractivity contribution is 5.81. The molecule has 0 bridgehead atoms. The number of carbonyl (C=O) groups is 1. The predicted octanol–water partition coefficient (Wildman–Crippen LogP) is 2.15. The van der Waals surface area contributed by atoms with Crippen molar-refractivity contribution in [2.45, 2.75) is 45.6 Å². The molecule has 1 saturated heterocycles. The summed E-state index contributed by atoms with van der Waals surface area (Å²) in [6.45, 7) is 6.25. The number of anilines is 1. The lowest BCUT2D eigenvalue weighted by molar-refractivity contribution is -0.134. The van der Waals surface area contributed by atoms with Crippen molar-refractivity contribution in [3.05, 3.63) is 23.7 Å². The van der Waals surface area contributed by atoms with Crippen LogP contribution < -0.4 is 4.90 Å². The molecule has 1 aliphatic heterocycles. The van der Waals surface area contributed by atoms with Gasteiger partial charge < -0.3 is 9.80 Å². The highest BCUT2D eigenvalue weighted by atomic mass is 16.2. The van der Waals surface area contributed by atoms with Gasteiger partial charge in [-0.15, -0.1) is 0 Å². The standard InChI is InChI=1S/C21H27N7O/c1-4-5-18-17(10-22)19(16-11-23-26(3)13-16)25-21(24-18)27-8-9-28(14(2)12-27)20(29)15-6-7-15/h11,13-15H,4-9,12H2,1-3H3/t14-/m1/s1. The maximum absolute atomic E-state index is 12.5. The molecule has 2 aliphatic rings. The molecule has 3 heterocycles. The average molecular weight is 393 g/mol. The van der Waals surface area contributed by atoms with Crippen LogP contribution in [0.15, 0.2) is 12.4 Å². The summed E-state index contributed by atoms with van der Waals surface area (Å²) in [6, 6.07) is 2.42. The first-order valence-corrected chi connectivity index (χ1v) is 10.4. The molecule has 1 aliphatic carbocycles. The van der Waals surface area contributed by atoms with E-state index in [4.69, 9.17) is 9.97 Å². The highest BCUT2D eigenvalue weighted by Gasteiger charge is 2.37. The Hall–Kier alpha value is -2.95. The van der Waals surface area contributed by atoms with Gasteiger partial charge in [0.25, 0.3) is 0 Å². The van der Waals surface area contributed by atoms with E-state index in [1.54, 1.807) is 10.9 Å². The Morgan fingerprint density at radius 1 is 1.31 bits per heavy atom. The van der Waals surface area contributed by atoms with Crippen LogP contribution in [0, 0.1) is 17.2 Å². The van der Waals surface area contributed by atoms with E-state index in [0.29, 0.717) is 42.7 Å². The van der Waals surface area contributed by atoms with Crippen LogP contribution in [-0.4, -0.2) is 56.2 Å². The highest BCUT2D eigenvalue weighted by Crippen LogP contribution is 2.33. The largest absolute Gasteiger partial charge is 0.337 e. The van der Waals surface area contributed by atoms with Crippen LogP contribution in [-0.2, 0) is 18.3 Å². The van der Waals surface area contributed by atoms with E-state index in [0.717, 1.165) is 36.9 Å². The fraction of sp³-hybridized carbons (Fsp3) is 0.571. The minimum atomic E-state index is 0.118. The molecule has 8 nitrogen and oxygen atoms in total. The summed E-state index contributed by atoms with van der Waals surface area (Å²) in [7, 11) is 1.85. The van der Waals surface area contributed by atoms with Crippen LogP contribution in [0.25, 0.3) is 11.3 Å². The second-order valence-corrected chi connectivity index (χ2v) is 8.06. The van der Waals surface area contributed by atoms with Gasteiger partial charge in [-0.1, -0.05) is 13.3 Å². The van der Waals surface area contributed by atoms with Crippen molar-refractivity contribution in [2.75, 3.05) is 24.5 Å². The summed E-state index contributed by atoms with van der Waals surface area (Å²) in [5, 5.41) is 14.0. The molecule has 0 N–H and O–H groups in total. The third-order valence-corrected chi connectivity index (χ3v) is 5.67. The summed E-state index contributed by atoms with van der Waals surface area (Å²) in [5.74, 6) is 1.17. The molecule has 152 valence electrons. The van der Waals surface area contributed by atoms with E-state index in [1.165, 1.54) is 0 Å². The number of hydrogen-bond acceptors (Lipinski definition) is 6. The molecule has 1 saturated carbocycles. The zero-order valence-corrected chi connectivity index (χ0v) is 17.3. The molecular formula is C21H27N7O. The summed E-state index contributed by atoms with van der Waals surface area (Å²) in [5.41, 5.74) is 2.76. The number of aromatic nitrogens is 4. The SMILES string of the molecule is CCCc1nc(N2CCN(C(=O)C3CC3)[C@H](C)C2)nc(-c2cnn(C)c2)c1C#N. The van der Waals surface area contributed by atoms with Crippen molar-refractivity contribution in [1.82, 2.24) is 24.6 Å². The zero-order chi connectivity index (χ0) is 20.5. The molecule has 0 spiro atoms. The van der Waals surface area contributed by atoms with E-state index in [9.17, 15) is 10.1 Å². The number of carbonyl (C=O) groups excluding carboxylic acids is 1. The molecule has 2 aromatic heterocycles. The van der Waals surface area contributed by atoms with Gasteiger partial charge >= 0.3 is 0 Å². The Kier molecular flexibility index (Phi) is 5.22. The van der Waals surface area contributed by atoms with Gasteiger partial charge in [-0.2, -0.15) is 10.4 Å². The predicted molar refractivity (Wildman–Crippen MR) is 109 cm³/mol. The smallest absolute Gasteiger partial charge is 0.226 e. The molecule has 4 rings (SSSR count). The molecule has 0 radical (unpaired) electrons. The number of hydrogen-bond donors (Lipinski definition) is 0. The van der Waals surface area contributed by atoms with Gasteiger partial charge in [0.15, 0.2) is 0 Å². The van der Waals surface area contributed by atoms with Crippen molar-refractivity contribution in [3.63, 3.8) is 0 Å². The summed E-state index contributed by atoms with van der Waals surface area (Å²) < 4.78 is 1.71. The van der Waals surface area contributed by atoms with Crippen molar-refractivity contribution in [2.24, 2.45) is 13.0 Å². The van der Waals surface area contributed by atoms with E-state index in [1.807, 2.05) is 18.1 Å². The van der Waals surface area contributed by atoms with Gasteiger partial charge in [-0.05, 0) is 26.2 Å². The fourth-order valence-corrected chi connectivity index (χ4v) is 3.95. The number of piperazine rings is 1. The van der Waals surface area contributed by atoms with Gasteiger partial charge in [0.05, 0.1) is 17.6 Å². The van der Waals surface area contributed by atoms with Gasteiger partial charge in [0, 0.05) is 50.4 Å². The number of nitrogens with zero attached hydrogens (tertiary/aromatic N) is 7. The topological polar surface area (TPSA) is 90.9 Å². The summed E-state index contributed by atoms with van der Waals surface area (Å²) in [6.07, 6.45) is 7.28. The van der Waals surface area contributed by atoms with Crippen LogP contribution in [0.4, 0.5) is 5.95 Å². The van der Waals surface area contributed by atoms with Crippen molar-refractivity contribution >= 4 is 11.9 Å².